The van der Waals surface area contributed by atoms with Gasteiger partial charge < -0.3 is 10.6 Å². The standard InChI is InChI=1S/C20H23N5OS/c26-20(22-10-13-24-11-8-21-9-12-24)17-15-25(16-5-2-1-3-6-16)23-19(17)18-7-4-14-27-18/h1-7,14-15,21H,8-13H2,(H,22,26). The molecule has 1 amide bonds. The summed E-state index contributed by atoms with van der Waals surface area (Å²) in [6.07, 6.45) is 1.82. The maximum Gasteiger partial charge on any atom is 0.255 e. The average molecular weight is 382 g/mol. The molecule has 3 heterocycles. The second-order valence-corrected chi connectivity index (χ2v) is 7.44. The largest absolute Gasteiger partial charge is 0.351 e. The first-order chi connectivity index (χ1) is 13.3. The van der Waals surface area contributed by atoms with Gasteiger partial charge in [-0.1, -0.05) is 24.3 Å². The van der Waals surface area contributed by atoms with E-state index in [0.29, 0.717) is 12.1 Å². The van der Waals surface area contributed by atoms with Gasteiger partial charge in [0.15, 0.2) is 0 Å². The van der Waals surface area contributed by atoms with Crippen molar-refractivity contribution in [3.05, 3.63) is 59.6 Å². The SMILES string of the molecule is O=C(NCCN1CCNCC1)c1cn(-c2ccccc2)nc1-c1cccs1. The number of carbonyl (C=O) groups is 1. The maximum atomic E-state index is 12.9. The fourth-order valence-electron chi connectivity index (χ4n) is 3.21. The molecule has 0 unspecified atom stereocenters. The predicted octanol–water partition coefficient (Wildman–Crippen LogP) is 2.24. The Balaban J connectivity index is 1.51. The van der Waals surface area contributed by atoms with Gasteiger partial charge in [-0.3, -0.25) is 9.69 Å². The number of hydrogen-bond acceptors (Lipinski definition) is 5. The number of carbonyl (C=O) groups excluding carboxylic acids is 1. The van der Waals surface area contributed by atoms with Gasteiger partial charge in [0.2, 0.25) is 0 Å². The van der Waals surface area contributed by atoms with E-state index in [1.54, 1.807) is 16.0 Å². The Hall–Kier alpha value is -2.48. The van der Waals surface area contributed by atoms with Crippen LogP contribution in [-0.2, 0) is 0 Å². The summed E-state index contributed by atoms with van der Waals surface area (Å²) in [5.74, 6) is -0.0734. The van der Waals surface area contributed by atoms with E-state index in [4.69, 9.17) is 0 Å². The highest BCUT2D eigenvalue weighted by atomic mass is 32.1. The van der Waals surface area contributed by atoms with E-state index in [0.717, 1.165) is 49.0 Å². The third-order valence-corrected chi connectivity index (χ3v) is 5.53. The van der Waals surface area contributed by atoms with Crippen molar-refractivity contribution in [2.24, 2.45) is 0 Å². The topological polar surface area (TPSA) is 62.2 Å². The first kappa shape index (κ1) is 17.9. The van der Waals surface area contributed by atoms with E-state index in [1.165, 1.54) is 0 Å². The van der Waals surface area contributed by atoms with Crippen molar-refractivity contribution in [3.8, 4) is 16.3 Å². The second-order valence-electron chi connectivity index (χ2n) is 6.50. The quantitative estimate of drug-likeness (QED) is 0.687. The number of nitrogens with zero attached hydrogens (tertiary/aromatic N) is 3. The zero-order valence-corrected chi connectivity index (χ0v) is 15.9. The lowest BCUT2D eigenvalue weighted by Crippen LogP contribution is -2.46. The molecule has 2 aromatic heterocycles. The molecule has 140 valence electrons. The van der Waals surface area contributed by atoms with E-state index in [9.17, 15) is 4.79 Å². The van der Waals surface area contributed by atoms with Crippen molar-refractivity contribution in [1.82, 2.24) is 25.3 Å². The number of hydrogen-bond donors (Lipinski definition) is 2. The molecule has 0 spiro atoms. The van der Waals surface area contributed by atoms with Gasteiger partial charge in [-0.25, -0.2) is 4.68 Å². The minimum absolute atomic E-state index is 0.0734. The normalized spacial score (nSPS) is 15.0. The fourth-order valence-corrected chi connectivity index (χ4v) is 3.93. The molecule has 27 heavy (non-hydrogen) atoms. The molecule has 6 nitrogen and oxygen atoms in total. The fraction of sp³-hybridized carbons (Fsp3) is 0.300. The molecule has 1 aliphatic heterocycles. The molecule has 1 aliphatic rings. The Labute approximate surface area is 162 Å². The van der Waals surface area contributed by atoms with Crippen LogP contribution in [0.1, 0.15) is 10.4 Å². The van der Waals surface area contributed by atoms with Gasteiger partial charge in [0.1, 0.15) is 5.69 Å². The van der Waals surface area contributed by atoms with Crippen LogP contribution in [0, 0.1) is 0 Å². The molecule has 1 aromatic carbocycles. The molecule has 0 bridgehead atoms. The number of nitrogens with one attached hydrogen (secondary N) is 2. The van der Waals surface area contributed by atoms with E-state index in [2.05, 4.69) is 20.6 Å². The molecular weight excluding hydrogens is 358 g/mol. The molecule has 3 aromatic rings. The van der Waals surface area contributed by atoms with Crippen LogP contribution in [0.25, 0.3) is 16.3 Å². The van der Waals surface area contributed by atoms with E-state index < -0.39 is 0 Å². The van der Waals surface area contributed by atoms with Crippen LogP contribution in [0.3, 0.4) is 0 Å². The Morgan fingerprint density at radius 1 is 1.15 bits per heavy atom. The highest BCUT2D eigenvalue weighted by molar-refractivity contribution is 7.13. The highest BCUT2D eigenvalue weighted by Crippen LogP contribution is 2.27. The third kappa shape index (κ3) is 4.27. The zero-order valence-electron chi connectivity index (χ0n) is 15.1. The molecule has 0 radical (unpaired) electrons. The van der Waals surface area contributed by atoms with E-state index in [-0.39, 0.29) is 5.91 Å². The van der Waals surface area contributed by atoms with Gasteiger partial charge in [0, 0.05) is 45.5 Å². The van der Waals surface area contributed by atoms with Gasteiger partial charge in [-0.05, 0) is 23.6 Å². The number of amides is 1. The maximum absolute atomic E-state index is 12.9. The van der Waals surface area contributed by atoms with E-state index >= 15 is 0 Å². The smallest absolute Gasteiger partial charge is 0.255 e. The number of thiophene rings is 1. The predicted molar refractivity (Wildman–Crippen MR) is 109 cm³/mol. The summed E-state index contributed by atoms with van der Waals surface area (Å²) in [6.45, 7) is 5.60. The Kier molecular flexibility index (Phi) is 5.62. The van der Waals surface area contributed by atoms with Gasteiger partial charge in [-0.2, -0.15) is 5.10 Å². The minimum Gasteiger partial charge on any atom is -0.351 e. The van der Waals surface area contributed by atoms with Crippen LogP contribution in [0.2, 0.25) is 0 Å². The number of piperazine rings is 1. The van der Waals surface area contributed by atoms with Crippen LogP contribution in [0.4, 0.5) is 0 Å². The summed E-state index contributed by atoms with van der Waals surface area (Å²) >= 11 is 1.59. The van der Waals surface area contributed by atoms with Crippen molar-refractivity contribution in [1.29, 1.82) is 0 Å². The number of rotatable bonds is 6. The van der Waals surface area contributed by atoms with Gasteiger partial charge in [0.25, 0.3) is 5.91 Å². The molecule has 0 aliphatic carbocycles. The van der Waals surface area contributed by atoms with Crippen molar-refractivity contribution in [2.75, 3.05) is 39.3 Å². The molecule has 7 heteroatoms. The molecule has 0 saturated carbocycles. The molecular formula is C20H23N5OS. The molecule has 2 N–H and O–H groups in total. The van der Waals surface area contributed by atoms with Gasteiger partial charge in [0.05, 0.1) is 16.1 Å². The summed E-state index contributed by atoms with van der Waals surface area (Å²) in [7, 11) is 0. The van der Waals surface area contributed by atoms with Crippen LogP contribution >= 0.6 is 11.3 Å². The Morgan fingerprint density at radius 3 is 2.70 bits per heavy atom. The van der Waals surface area contributed by atoms with Crippen molar-refractivity contribution < 1.29 is 4.79 Å². The zero-order chi connectivity index (χ0) is 18.5. The first-order valence-corrected chi connectivity index (χ1v) is 10.1. The Morgan fingerprint density at radius 2 is 1.96 bits per heavy atom. The summed E-state index contributed by atoms with van der Waals surface area (Å²) in [4.78, 5) is 16.2. The van der Waals surface area contributed by atoms with Crippen molar-refractivity contribution in [2.45, 2.75) is 0 Å². The number of aromatic nitrogens is 2. The highest BCUT2D eigenvalue weighted by Gasteiger charge is 2.19. The third-order valence-electron chi connectivity index (χ3n) is 4.66. The van der Waals surface area contributed by atoms with Crippen LogP contribution in [-0.4, -0.2) is 59.9 Å². The Bertz CT molecular complexity index is 869. The number of para-hydroxylation sites is 1. The summed E-state index contributed by atoms with van der Waals surface area (Å²) in [5.41, 5.74) is 2.28. The molecule has 1 fully saturated rings. The van der Waals surface area contributed by atoms with Crippen molar-refractivity contribution in [3.63, 3.8) is 0 Å². The summed E-state index contributed by atoms with van der Waals surface area (Å²) in [5, 5.41) is 13.1. The van der Waals surface area contributed by atoms with Gasteiger partial charge >= 0.3 is 0 Å². The van der Waals surface area contributed by atoms with E-state index in [1.807, 2.05) is 54.0 Å². The van der Waals surface area contributed by atoms with Gasteiger partial charge in [-0.15, -0.1) is 11.3 Å². The summed E-state index contributed by atoms with van der Waals surface area (Å²) < 4.78 is 1.78. The summed E-state index contributed by atoms with van der Waals surface area (Å²) in [6, 6.07) is 13.9. The van der Waals surface area contributed by atoms with Crippen molar-refractivity contribution >= 4 is 17.2 Å². The minimum atomic E-state index is -0.0734. The molecule has 1 saturated heterocycles. The van der Waals surface area contributed by atoms with Crippen LogP contribution < -0.4 is 10.6 Å². The average Bonchev–Trinajstić information content (AvgIpc) is 3.39. The van der Waals surface area contributed by atoms with Crippen LogP contribution in [0.15, 0.2) is 54.0 Å². The lowest BCUT2D eigenvalue weighted by molar-refractivity contribution is 0.0948. The monoisotopic (exact) mass is 381 g/mol. The van der Waals surface area contributed by atoms with Crippen LogP contribution in [0.5, 0.6) is 0 Å². The second kappa shape index (κ2) is 8.47. The molecule has 4 rings (SSSR count). The lowest BCUT2D eigenvalue weighted by atomic mass is 10.2. The molecule has 0 atom stereocenters. The first-order valence-electron chi connectivity index (χ1n) is 9.21. The number of benzene rings is 1. The lowest BCUT2D eigenvalue weighted by Gasteiger charge is -2.27.